The molecule has 3 nitrogen and oxygen atoms in total. The van der Waals surface area contributed by atoms with Crippen molar-refractivity contribution in [3.63, 3.8) is 0 Å². The van der Waals surface area contributed by atoms with Gasteiger partial charge in [0.15, 0.2) is 0 Å². The van der Waals surface area contributed by atoms with E-state index in [0.717, 1.165) is 44.2 Å². The second-order valence-electron chi connectivity index (χ2n) is 6.80. The Hall–Kier alpha value is -2.03. The van der Waals surface area contributed by atoms with Gasteiger partial charge >= 0.3 is 6.18 Å². The summed E-state index contributed by atoms with van der Waals surface area (Å²) in [6.07, 6.45) is 0.828. The molecule has 1 aliphatic rings. The van der Waals surface area contributed by atoms with Crippen molar-refractivity contribution in [2.24, 2.45) is 5.92 Å². The second kappa shape index (κ2) is 8.37. The molecule has 1 fully saturated rings. The predicted octanol–water partition coefficient (Wildman–Crippen LogP) is 4.79. The SMILES string of the molecule is C[C@H](CC(=O)N[C@@H](C#N)C1CCCCC1)c1cccc(C(F)(F)F)c1. The fourth-order valence-corrected chi connectivity index (χ4v) is 3.37. The van der Waals surface area contributed by atoms with E-state index in [4.69, 9.17) is 0 Å². The number of benzene rings is 1. The Morgan fingerprint density at radius 1 is 1.32 bits per heavy atom. The topological polar surface area (TPSA) is 52.9 Å². The third kappa shape index (κ3) is 5.48. The summed E-state index contributed by atoms with van der Waals surface area (Å²) in [5.41, 5.74) is -0.245. The standard InChI is InChI=1S/C19H23F3N2O/c1-13(15-8-5-9-16(11-15)19(20,21)22)10-18(25)24-17(12-23)14-6-3-2-4-7-14/h5,8-9,11,13-14,17H,2-4,6-7,10H2,1H3,(H,24,25)/t13-,17+/m1/s1. The lowest BCUT2D eigenvalue weighted by atomic mass is 9.84. The Morgan fingerprint density at radius 2 is 2.00 bits per heavy atom. The van der Waals surface area contributed by atoms with Gasteiger partial charge in [0.05, 0.1) is 11.6 Å². The summed E-state index contributed by atoms with van der Waals surface area (Å²) in [5.74, 6) is -0.471. The lowest BCUT2D eigenvalue weighted by Gasteiger charge is -2.26. The first-order valence-electron chi connectivity index (χ1n) is 8.67. The molecule has 2 atom stereocenters. The van der Waals surface area contributed by atoms with Crippen molar-refractivity contribution >= 4 is 5.91 Å². The summed E-state index contributed by atoms with van der Waals surface area (Å²) in [5, 5.41) is 12.1. The Bertz CT molecular complexity index is 630. The van der Waals surface area contributed by atoms with Crippen molar-refractivity contribution in [1.82, 2.24) is 5.32 Å². The van der Waals surface area contributed by atoms with Crippen LogP contribution in [0.4, 0.5) is 13.2 Å². The third-order valence-electron chi connectivity index (χ3n) is 4.85. The van der Waals surface area contributed by atoms with E-state index < -0.39 is 17.8 Å². The lowest BCUT2D eigenvalue weighted by molar-refractivity contribution is -0.137. The number of hydrogen-bond acceptors (Lipinski definition) is 2. The van der Waals surface area contributed by atoms with Crippen LogP contribution in [0.3, 0.4) is 0 Å². The fourth-order valence-electron chi connectivity index (χ4n) is 3.37. The van der Waals surface area contributed by atoms with Crippen LogP contribution in [0.25, 0.3) is 0 Å². The molecule has 0 aliphatic heterocycles. The molecule has 0 radical (unpaired) electrons. The van der Waals surface area contributed by atoms with Gasteiger partial charge in [0, 0.05) is 6.42 Å². The summed E-state index contributed by atoms with van der Waals surface area (Å²) in [4.78, 5) is 12.2. The first-order chi connectivity index (χ1) is 11.8. The fraction of sp³-hybridized carbons (Fsp3) is 0.579. The molecule has 0 aromatic heterocycles. The molecule has 1 aromatic rings. The van der Waals surface area contributed by atoms with Crippen LogP contribution in [-0.2, 0) is 11.0 Å². The number of nitrogens with one attached hydrogen (secondary N) is 1. The molecule has 0 bridgehead atoms. The third-order valence-corrected chi connectivity index (χ3v) is 4.85. The molecule has 0 unspecified atom stereocenters. The van der Waals surface area contributed by atoms with Crippen molar-refractivity contribution in [2.45, 2.75) is 63.6 Å². The van der Waals surface area contributed by atoms with Crippen LogP contribution in [-0.4, -0.2) is 11.9 Å². The molecular weight excluding hydrogens is 329 g/mol. The van der Waals surface area contributed by atoms with Crippen LogP contribution >= 0.6 is 0 Å². The molecule has 25 heavy (non-hydrogen) atoms. The van der Waals surface area contributed by atoms with Crippen molar-refractivity contribution in [3.05, 3.63) is 35.4 Å². The Balaban J connectivity index is 1.96. The zero-order valence-corrected chi connectivity index (χ0v) is 14.3. The monoisotopic (exact) mass is 352 g/mol. The van der Waals surface area contributed by atoms with Crippen molar-refractivity contribution in [3.8, 4) is 6.07 Å². The molecule has 2 rings (SSSR count). The predicted molar refractivity (Wildman–Crippen MR) is 88.6 cm³/mol. The zero-order chi connectivity index (χ0) is 18.4. The van der Waals surface area contributed by atoms with Gasteiger partial charge in [-0.2, -0.15) is 18.4 Å². The number of hydrogen-bond donors (Lipinski definition) is 1. The van der Waals surface area contributed by atoms with Gasteiger partial charge in [0.1, 0.15) is 6.04 Å². The van der Waals surface area contributed by atoms with Crippen LogP contribution in [0.15, 0.2) is 24.3 Å². The Labute approximate surface area is 146 Å². The van der Waals surface area contributed by atoms with Gasteiger partial charge in [-0.15, -0.1) is 0 Å². The normalized spacial score (nSPS) is 18.2. The summed E-state index contributed by atoms with van der Waals surface area (Å²) < 4.78 is 38.4. The van der Waals surface area contributed by atoms with Crippen molar-refractivity contribution < 1.29 is 18.0 Å². The van der Waals surface area contributed by atoms with Gasteiger partial charge < -0.3 is 5.32 Å². The molecule has 136 valence electrons. The van der Waals surface area contributed by atoms with Crippen molar-refractivity contribution in [1.29, 1.82) is 5.26 Å². The summed E-state index contributed by atoms with van der Waals surface area (Å²) in [6, 6.07) is 6.70. The van der Waals surface area contributed by atoms with E-state index in [-0.39, 0.29) is 24.2 Å². The summed E-state index contributed by atoms with van der Waals surface area (Å²) in [7, 11) is 0. The smallest absolute Gasteiger partial charge is 0.340 e. The molecule has 1 N–H and O–H groups in total. The number of carbonyl (C=O) groups is 1. The molecular formula is C19H23F3N2O. The number of carbonyl (C=O) groups excluding carboxylic acids is 1. The van der Waals surface area contributed by atoms with E-state index in [0.29, 0.717) is 5.56 Å². The molecule has 1 amide bonds. The largest absolute Gasteiger partial charge is 0.416 e. The van der Waals surface area contributed by atoms with Gasteiger partial charge in [-0.25, -0.2) is 0 Å². The van der Waals surface area contributed by atoms with E-state index >= 15 is 0 Å². The zero-order valence-electron chi connectivity index (χ0n) is 14.3. The van der Waals surface area contributed by atoms with Crippen LogP contribution < -0.4 is 5.32 Å². The molecule has 0 saturated heterocycles. The lowest BCUT2D eigenvalue weighted by Crippen LogP contribution is -2.40. The maximum atomic E-state index is 12.8. The minimum atomic E-state index is -4.40. The van der Waals surface area contributed by atoms with Gasteiger partial charge in [0.25, 0.3) is 0 Å². The van der Waals surface area contributed by atoms with Crippen LogP contribution in [0, 0.1) is 17.2 Å². The molecule has 0 heterocycles. The van der Waals surface area contributed by atoms with E-state index in [1.54, 1.807) is 13.0 Å². The average molecular weight is 352 g/mol. The maximum absolute atomic E-state index is 12.8. The number of halogens is 3. The van der Waals surface area contributed by atoms with Crippen LogP contribution in [0.1, 0.15) is 62.5 Å². The van der Waals surface area contributed by atoms with Crippen LogP contribution in [0.5, 0.6) is 0 Å². The molecule has 1 aromatic carbocycles. The van der Waals surface area contributed by atoms with Gasteiger partial charge in [-0.1, -0.05) is 44.4 Å². The molecule has 0 spiro atoms. The number of rotatable bonds is 5. The number of amides is 1. The second-order valence-corrected chi connectivity index (χ2v) is 6.80. The van der Waals surface area contributed by atoms with Gasteiger partial charge in [0.2, 0.25) is 5.91 Å². The van der Waals surface area contributed by atoms with E-state index in [9.17, 15) is 23.2 Å². The summed E-state index contributed by atoms with van der Waals surface area (Å²) in [6.45, 7) is 1.72. The first kappa shape index (κ1) is 19.3. The van der Waals surface area contributed by atoms with Crippen molar-refractivity contribution in [2.75, 3.05) is 0 Å². The van der Waals surface area contributed by atoms with E-state index in [2.05, 4.69) is 11.4 Å². The number of nitriles is 1. The molecule has 1 aliphatic carbocycles. The minimum Gasteiger partial charge on any atom is -0.340 e. The highest BCUT2D eigenvalue weighted by atomic mass is 19.4. The summed E-state index contributed by atoms with van der Waals surface area (Å²) >= 11 is 0. The average Bonchev–Trinajstić information content (AvgIpc) is 2.59. The van der Waals surface area contributed by atoms with E-state index in [1.165, 1.54) is 6.07 Å². The first-order valence-corrected chi connectivity index (χ1v) is 8.67. The number of alkyl halides is 3. The molecule has 6 heteroatoms. The highest BCUT2D eigenvalue weighted by Gasteiger charge is 2.31. The highest BCUT2D eigenvalue weighted by Crippen LogP contribution is 2.32. The maximum Gasteiger partial charge on any atom is 0.416 e. The Morgan fingerprint density at radius 3 is 2.60 bits per heavy atom. The van der Waals surface area contributed by atoms with Gasteiger partial charge in [-0.3, -0.25) is 4.79 Å². The minimum absolute atomic E-state index is 0.0617. The number of nitrogens with zero attached hydrogens (tertiary/aromatic N) is 1. The van der Waals surface area contributed by atoms with Gasteiger partial charge in [-0.05, 0) is 36.3 Å². The van der Waals surface area contributed by atoms with Crippen LogP contribution in [0.2, 0.25) is 0 Å². The Kier molecular flexibility index (Phi) is 6.46. The van der Waals surface area contributed by atoms with E-state index in [1.807, 2.05) is 0 Å². The molecule has 1 saturated carbocycles. The quantitative estimate of drug-likeness (QED) is 0.828. The highest BCUT2D eigenvalue weighted by molar-refractivity contribution is 5.77.